The van der Waals surface area contributed by atoms with E-state index in [0.29, 0.717) is 11.1 Å². The van der Waals surface area contributed by atoms with Crippen molar-refractivity contribution >= 4 is 17.5 Å². The normalized spacial score (nSPS) is 40.6. The zero-order chi connectivity index (χ0) is 18.6. The first-order chi connectivity index (χ1) is 11.6. The Morgan fingerprint density at radius 3 is 2.60 bits per heavy atom. The minimum Gasteiger partial charge on any atom is -0.461 e. The van der Waals surface area contributed by atoms with E-state index >= 15 is 0 Å². The number of rotatable bonds is 2. The average molecular weight is 348 g/mol. The number of carbonyl (C=O) groups excluding carboxylic acids is 3. The van der Waals surface area contributed by atoms with E-state index in [-0.39, 0.29) is 31.7 Å². The molecule has 0 aromatic rings. The molecule has 25 heavy (non-hydrogen) atoms. The maximum Gasteiger partial charge on any atom is 0.302 e. The van der Waals surface area contributed by atoms with Crippen molar-refractivity contribution in [3.8, 4) is 0 Å². The first-order valence-electron chi connectivity index (χ1n) is 8.61. The van der Waals surface area contributed by atoms with E-state index < -0.39 is 40.7 Å². The second-order valence-corrected chi connectivity index (χ2v) is 7.70. The van der Waals surface area contributed by atoms with Gasteiger partial charge in [-0.1, -0.05) is 19.1 Å². The van der Waals surface area contributed by atoms with Crippen molar-refractivity contribution < 1.29 is 29.3 Å². The first kappa shape index (κ1) is 18.0. The molecule has 6 nitrogen and oxygen atoms in total. The number of ether oxygens (including phenoxy) is 1. The van der Waals surface area contributed by atoms with Gasteiger partial charge in [-0.15, -0.1) is 0 Å². The molecule has 2 N–H and O–H groups in total. The molecular weight excluding hydrogens is 324 g/mol. The molecule has 5 atom stereocenters. The standard InChI is InChI=1S/C19H24O6/c1-10-4-16-18(23,17(10)22)8-13(9-25-12(3)20)6-14-7-15(21)5-11(2)19(14,16)24/h4,6,11,14,16,23-24H,5,7-9H2,1-3H3/t11-,14+,16-,18-,19-/m0/s1. The SMILES string of the molecule is CC(=O)OCC1=C[C@@H]2CC(=O)C[C@H](C)[C@@]2(O)[C@H]2C=C(C)C(=O)[C@]2(O)C1. The number of aliphatic hydroxyl groups is 2. The lowest BCUT2D eigenvalue weighted by atomic mass is 9.60. The van der Waals surface area contributed by atoms with Crippen LogP contribution in [-0.4, -0.2) is 45.6 Å². The summed E-state index contributed by atoms with van der Waals surface area (Å²) in [6, 6.07) is 0. The molecular formula is C19H24O6. The maximum absolute atomic E-state index is 12.7. The van der Waals surface area contributed by atoms with Gasteiger partial charge in [-0.3, -0.25) is 14.4 Å². The highest BCUT2D eigenvalue weighted by molar-refractivity contribution is 6.05. The van der Waals surface area contributed by atoms with Crippen LogP contribution in [0.3, 0.4) is 0 Å². The molecule has 0 radical (unpaired) electrons. The van der Waals surface area contributed by atoms with Gasteiger partial charge in [0.25, 0.3) is 0 Å². The lowest BCUT2D eigenvalue weighted by Crippen LogP contribution is -2.60. The Balaban J connectivity index is 2.09. The molecule has 6 heteroatoms. The number of carbonyl (C=O) groups is 3. The summed E-state index contributed by atoms with van der Waals surface area (Å²) in [6.45, 7) is 4.62. The number of Topliss-reactive ketones (excluding diaryl/α,β-unsaturated/α-hetero) is 2. The third kappa shape index (κ3) is 2.68. The van der Waals surface area contributed by atoms with E-state index in [9.17, 15) is 24.6 Å². The highest BCUT2D eigenvalue weighted by Gasteiger charge is 2.63. The first-order valence-corrected chi connectivity index (χ1v) is 8.61. The van der Waals surface area contributed by atoms with E-state index in [1.54, 1.807) is 26.0 Å². The Morgan fingerprint density at radius 2 is 1.96 bits per heavy atom. The van der Waals surface area contributed by atoms with Crippen LogP contribution in [0.15, 0.2) is 23.3 Å². The summed E-state index contributed by atoms with van der Waals surface area (Å²) in [4.78, 5) is 35.9. The van der Waals surface area contributed by atoms with Crippen LogP contribution in [-0.2, 0) is 19.1 Å². The van der Waals surface area contributed by atoms with Crippen LogP contribution in [0.1, 0.15) is 40.0 Å². The highest BCUT2D eigenvalue weighted by atomic mass is 16.5. The largest absolute Gasteiger partial charge is 0.461 e. The number of fused-ring (bicyclic) bond motifs is 3. The van der Waals surface area contributed by atoms with Gasteiger partial charge in [-0.2, -0.15) is 0 Å². The molecule has 1 fully saturated rings. The van der Waals surface area contributed by atoms with Gasteiger partial charge in [0.05, 0.1) is 5.60 Å². The summed E-state index contributed by atoms with van der Waals surface area (Å²) >= 11 is 0. The molecule has 0 saturated heterocycles. The van der Waals surface area contributed by atoms with Gasteiger partial charge in [-0.25, -0.2) is 0 Å². The maximum atomic E-state index is 12.7. The molecule has 0 bridgehead atoms. The van der Waals surface area contributed by atoms with Crippen LogP contribution in [0.4, 0.5) is 0 Å². The highest BCUT2D eigenvalue weighted by Crippen LogP contribution is 2.53. The predicted molar refractivity (Wildman–Crippen MR) is 88.4 cm³/mol. The Bertz CT molecular complexity index is 705. The average Bonchev–Trinajstić information content (AvgIpc) is 2.68. The molecule has 0 amide bonds. The fraction of sp³-hybridized carbons (Fsp3) is 0.632. The van der Waals surface area contributed by atoms with Gasteiger partial charge in [0.15, 0.2) is 5.78 Å². The third-order valence-electron chi connectivity index (χ3n) is 5.94. The van der Waals surface area contributed by atoms with Crippen molar-refractivity contribution in [2.45, 2.75) is 51.2 Å². The lowest BCUT2D eigenvalue weighted by Gasteiger charge is -2.48. The Morgan fingerprint density at radius 1 is 1.28 bits per heavy atom. The van der Waals surface area contributed by atoms with Gasteiger partial charge >= 0.3 is 5.97 Å². The minimum atomic E-state index is -1.77. The van der Waals surface area contributed by atoms with Gasteiger partial charge < -0.3 is 14.9 Å². The van der Waals surface area contributed by atoms with Gasteiger partial charge in [0.2, 0.25) is 0 Å². The number of hydrogen-bond acceptors (Lipinski definition) is 6. The monoisotopic (exact) mass is 348 g/mol. The minimum absolute atomic E-state index is 0.0165. The van der Waals surface area contributed by atoms with E-state index in [0.717, 1.165) is 0 Å². The molecule has 1 saturated carbocycles. The van der Waals surface area contributed by atoms with Crippen molar-refractivity contribution in [2.24, 2.45) is 17.8 Å². The van der Waals surface area contributed by atoms with Crippen molar-refractivity contribution in [2.75, 3.05) is 6.61 Å². The van der Waals surface area contributed by atoms with E-state index in [2.05, 4.69) is 0 Å². The molecule has 0 aromatic heterocycles. The van der Waals surface area contributed by atoms with E-state index in [1.807, 2.05) is 0 Å². The smallest absolute Gasteiger partial charge is 0.302 e. The second-order valence-electron chi connectivity index (χ2n) is 7.70. The number of esters is 1. The van der Waals surface area contributed by atoms with Crippen molar-refractivity contribution in [1.29, 1.82) is 0 Å². The lowest BCUT2D eigenvalue weighted by molar-refractivity contribution is -0.170. The fourth-order valence-electron chi connectivity index (χ4n) is 4.73. The van der Waals surface area contributed by atoms with E-state index in [1.165, 1.54) is 6.92 Å². The summed E-state index contributed by atoms with van der Waals surface area (Å²) in [5.74, 6) is -2.54. The summed E-state index contributed by atoms with van der Waals surface area (Å²) in [6.07, 6.45) is 3.72. The molecule has 0 aromatic carbocycles. The topological polar surface area (TPSA) is 101 Å². The predicted octanol–water partition coefficient (Wildman–Crippen LogP) is 1.10. The fourth-order valence-corrected chi connectivity index (χ4v) is 4.73. The van der Waals surface area contributed by atoms with Crippen LogP contribution < -0.4 is 0 Å². The second kappa shape index (κ2) is 5.88. The van der Waals surface area contributed by atoms with Crippen LogP contribution in [0.5, 0.6) is 0 Å². The van der Waals surface area contributed by atoms with Crippen molar-refractivity contribution in [3.63, 3.8) is 0 Å². The van der Waals surface area contributed by atoms with Gasteiger partial charge in [0, 0.05) is 38.0 Å². The molecule has 0 aliphatic heterocycles. The molecule has 3 aliphatic carbocycles. The quantitative estimate of drug-likeness (QED) is 0.572. The van der Waals surface area contributed by atoms with Gasteiger partial charge in [0.1, 0.15) is 18.0 Å². The zero-order valence-electron chi connectivity index (χ0n) is 14.7. The summed E-state index contributed by atoms with van der Waals surface area (Å²) < 4.78 is 5.05. The molecule has 3 aliphatic rings. The molecule has 0 spiro atoms. The molecule has 136 valence electrons. The summed E-state index contributed by atoms with van der Waals surface area (Å²) in [7, 11) is 0. The Hall–Kier alpha value is -1.79. The van der Waals surface area contributed by atoms with Crippen LogP contribution in [0.25, 0.3) is 0 Å². The third-order valence-corrected chi connectivity index (χ3v) is 5.94. The van der Waals surface area contributed by atoms with Gasteiger partial charge in [-0.05, 0) is 24.0 Å². The number of ketones is 2. The summed E-state index contributed by atoms with van der Waals surface area (Å²) in [5.41, 5.74) is -2.19. The Labute approximate surface area is 146 Å². The van der Waals surface area contributed by atoms with Crippen molar-refractivity contribution in [3.05, 3.63) is 23.3 Å². The van der Waals surface area contributed by atoms with E-state index in [4.69, 9.17) is 4.74 Å². The Kier molecular flexibility index (Phi) is 4.24. The van der Waals surface area contributed by atoms with Crippen LogP contribution in [0, 0.1) is 17.8 Å². The van der Waals surface area contributed by atoms with Crippen LogP contribution >= 0.6 is 0 Å². The molecule has 3 rings (SSSR count). The molecule has 0 heterocycles. The molecule has 0 unspecified atom stereocenters. The van der Waals surface area contributed by atoms with Crippen LogP contribution in [0.2, 0.25) is 0 Å². The summed E-state index contributed by atoms with van der Waals surface area (Å²) in [5, 5.41) is 22.8. The zero-order valence-corrected chi connectivity index (χ0v) is 14.7. The van der Waals surface area contributed by atoms with Crippen molar-refractivity contribution in [1.82, 2.24) is 0 Å². The number of hydrogen-bond donors (Lipinski definition) is 2.